The lowest BCUT2D eigenvalue weighted by Crippen LogP contribution is -2.29. The molecule has 1 aliphatic rings. The number of benzene rings is 3. The van der Waals surface area contributed by atoms with Crippen LogP contribution in [0.2, 0.25) is 10.0 Å². The summed E-state index contributed by atoms with van der Waals surface area (Å²) in [5, 5.41) is 1.21. The van der Waals surface area contributed by atoms with Gasteiger partial charge in [0.1, 0.15) is 5.58 Å². The predicted octanol–water partition coefficient (Wildman–Crippen LogP) is 5.85. The molecule has 1 aliphatic heterocycles. The van der Waals surface area contributed by atoms with Crippen LogP contribution in [0.15, 0.2) is 82.0 Å². The molecule has 1 atom stereocenters. The molecule has 4 nitrogen and oxygen atoms in total. The molecule has 0 fully saturated rings. The minimum Gasteiger partial charge on any atom is -0.450 e. The summed E-state index contributed by atoms with van der Waals surface area (Å²) in [5.41, 5.74) is 2.15. The first kappa shape index (κ1) is 18.9. The maximum atomic E-state index is 13.4. The summed E-state index contributed by atoms with van der Waals surface area (Å²) in [7, 11) is 0. The molecule has 0 saturated heterocycles. The van der Waals surface area contributed by atoms with Crippen LogP contribution in [0.4, 0.5) is 0 Å². The number of carbonyl (C=O) groups excluding carboxylic acids is 1. The highest BCUT2D eigenvalue weighted by Crippen LogP contribution is 2.40. The molecule has 0 radical (unpaired) electrons. The van der Waals surface area contributed by atoms with Crippen molar-refractivity contribution in [3.8, 4) is 0 Å². The second-order valence-electron chi connectivity index (χ2n) is 7.16. The summed E-state index contributed by atoms with van der Waals surface area (Å²) in [4.78, 5) is 28.4. The van der Waals surface area contributed by atoms with E-state index in [0.29, 0.717) is 38.7 Å². The number of carbonyl (C=O) groups is 1. The molecule has 5 rings (SSSR count). The van der Waals surface area contributed by atoms with Crippen molar-refractivity contribution in [2.45, 2.75) is 12.6 Å². The van der Waals surface area contributed by atoms with Crippen LogP contribution in [0.1, 0.15) is 33.3 Å². The van der Waals surface area contributed by atoms with Gasteiger partial charge in [-0.05, 0) is 35.4 Å². The Morgan fingerprint density at radius 3 is 2.37 bits per heavy atom. The van der Waals surface area contributed by atoms with Crippen molar-refractivity contribution in [1.29, 1.82) is 0 Å². The first-order chi connectivity index (χ1) is 14.5. The zero-order valence-electron chi connectivity index (χ0n) is 15.6. The fourth-order valence-corrected chi connectivity index (χ4v) is 4.25. The lowest BCUT2D eigenvalue weighted by Gasteiger charge is -2.25. The van der Waals surface area contributed by atoms with Crippen LogP contribution in [0.25, 0.3) is 11.0 Å². The number of hydrogen-bond donors (Lipinski definition) is 0. The molecule has 1 amide bonds. The van der Waals surface area contributed by atoms with E-state index < -0.39 is 6.04 Å². The van der Waals surface area contributed by atoms with Crippen molar-refractivity contribution >= 4 is 40.1 Å². The molecule has 0 saturated carbocycles. The van der Waals surface area contributed by atoms with E-state index in [1.807, 2.05) is 30.3 Å². The Kier molecular flexibility index (Phi) is 4.61. The van der Waals surface area contributed by atoms with E-state index in [9.17, 15) is 9.59 Å². The third kappa shape index (κ3) is 3.00. The third-order valence-electron chi connectivity index (χ3n) is 5.33. The highest BCUT2D eigenvalue weighted by atomic mass is 35.5. The van der Waals surface area contributed by atoms with Gasteiger partial charge in [-0.3, -0.25) is 9.59 Å². The SMILES string of the molecule is O=C1c2oc3ccccc3c(=O)c2C(c2ccc(Cl)c(Cl)c2)N1Cc1ccccc1. The molecule has 0 N–H and O–H groups in total. The Balaban J connectivity index is 1.75. The van der Waals surface area contributed by atoms with Crippen LogP contribution in [-0.2, 0) is 6.54 Å². The number of hydrogen-bond acceptors (Lipinski definition) is 3. The summed E-state index contributed by atoms with van der Waals surface area (Å²) in [6.45, 7) is 0.324. The van der Waals surface area contributed by atoms with Crippen LogP contribution >= 0.6 is 23.2 Å². The molecule has 2 heterocycles. The molecule has 30 heavy (non-hydrogen) atoms. The number of halogens is 2. The Morgan fingerprint density at radius 2 is 1.60 bits per heavy atom. The Labute approximate surface area is 182 Å². The van der Waals surface area contributed by atoms with E-state index in [-0.39, 0.29) is 17.1 Å². The smallest absolute Gasteiger partial charge is 0.291 e. The maximum Gasteiger partial charge on any atom is 0.291 e. The molecule has 1 aromatic heterocycles. The van der Waals surface area contributed by atoms with E-state index in [0.717, 1.165) is 5.56 Å². The second kappa shape index (κ2) is 7.31. The second-order valence-corrected chi connectivity index (χ2v) is 7.98. The summed E-state index contributed by atoms with van der Waals surface area (Å²) >= 11 is 12.4. The van der Waals surface area contributed by atoms with Crippen LogP contribution in [0.5, 0.6) is 0 Å². The number of fused-ring (bicyclic) bond motifs is 2. The molecule has 0 spiro atoms. The van der Waals surface area contributed by atoms with Gasteiger partial charge in [-0.25, -0.2) is 0 Å². The number of rotatable bonds is 3. The van der Waals surface area contributed by atoms with Gasteiger partial charge in [0.15, 0.2) is 5.43 Å². The molecule has 0 aliphatic carbocycles. The summed E-state index contributed by atoms with van der Waals surface area (Å²) in [6.07, 6.45) is 0. The van der Waals surface area contributed by atoms with Crippen molar-refractivity contribution in [3.63, 3.8) is 0 Å². The quantitative estimate of drug-likeness (QED) is 0.405. The van der Waals surface area contributed by atoms with Gasteiger partial charge >= 0.3 is 0 Å². The molecule has 3 aromatic carbocycles. The van der Waals surface area contributed by atoms with Crippen molar-refractivity contribution in [2.75, 3.05) is 0 Å². The van der Waals surface area contributed by atoms with Gasteiger partial charge in [-0.2, -0.15) is 0 Å². The predicted molar refractivity (Wildman–Crippen MR) is 117 cm³/mol. The normalized spacial score (nSPS) is 15.6. The van der Waals surface area contributed by atoms with E-state index in [1.165, 1.54) is 0 Å². The van der Waals surface area contributed by atoms with E-state index in [4.69, 9.17) is 27.6 Å². The maximum absolute atomic E-state index is 13.4. The number of para-hydroxylation sites is 1. The largest absolute Gasteiger partial charge is 0.450 e. The lowest BCUT2D eigenvalue weighted by molar-refractivity contribution is 0.0714. The van der Waals surface area contributed by atoms with E-state index >= 15 is 0 Å². The van der Waals surface area contributed by atoms with Gasteiger partial charge in [0, 0.05) is 6.54 Å². The average Bonchev–Trinajstić information content (AvgIpc) is 3.03. The minimum absolute atomic E-state index is 0.0747. The molecule has 0 bridgehead atoms. The van der Waals surface area contributed by atoms with E-state index in [2.05, 4.69) is 0 Å². The molecule has 148 valence electrons. The fourth-order valence-electron chi connectivity index (χ4n) is 3.94. The van der Waals surface area contributed by atoms with Gasteiger partial charge in [-0.15, -0.1) is 0 Å². The fraction of sp³-hybridized carbons (Fsp3) is 0.0833. The minimum atomic E-state index is -0.622. The Hall–Kier alpha value is -3.08. The number of amides is 1. The zero-order valence-corrected chi connectivity index (χ0v) is 17.2. The first-order valence-corrected chi connectivity index (χ1v) is 10.2. The molecule has 4 aromatic rings. The van der Waals surface area contributed by atoms with E-state index in [1.54, 1.807) is 47.4 Å². The molecule has 6 heteroatoms. The van der Waals surface area contributed by atoms with Crippen LogP contribution in [0.3, 0.4) is 0 Å². The van der Waals surface area contributed by atoms with Crippen LogP contribution < -0.4 is 5.43 Å². The Morgan fingerprint density at radius 1 is 0.867 bits per heavy atom. The van der Waals surface area contributed by atoms with Gasteiger partial charge in [-0.1, -0.05) is 71.7 Å². The van der Waals surface area contributed by atoms with Crippen LogP contribution in [0, 0.1) is 0 Å². The molecular formula is C24H15Cl2NO3. The first-order valence-electron chi connectivity index (χ1n) is 9.40. The van der Waals surface area contributed by atoms with Crippen molar-refractivity contribution in [3.05, 3.63) is 116 Å². The van der Waals surface area contributed by atoms with Crippen molar-refractivity contribution in [1.82, 2.24) is 4.90 Å². The van der Waals surface area contributed by atoms with Gasteiger partial charge in [0.05, 0.1) is 27.0 Å². The van der Waals surface area contributed by atoms with Crippen LogP contribution in [-0.4, -0.2) is 10.8 Å². The molecular weight excluding hydrogens is 421 g/mol. The molecule has 1 unspecified atom stereocenters. The van der Waals surface area contributed by atoms with Crippen molar-refractivity contribution < 1.29 is 9.21 Å². The standard InChI is InChI=1S/C24H15Cl2NO3/c25-17-11-10-15(12-18(17)26)21-20-22(28)16-8-4-5-9-19(16)30-23(20)24(29)27(21)13-14-6-2-1-3-7-14/h1-12,21H,13H2. The van der Waals surface area contributed by atoms with Gasteiger partial charge in [0.2, 0.25) is 5.76 Å². The third-order valence-corrected chi connectivity index (χ3v) is 6.07. The topological polar surface area (TPSA) is 50.5 Å². The summed E-state index contributed by atoms with van der Waals surface area (Å²) < 4.78 is 5.92. The highest BCUT2D eigenvalue weighted by molar-refractivity contribution is 6.42. The lowest BCUT2D eigenvalue weighted by atomic mass is 9.98. The monoisotopic (exact) mass is 435 g/mol. The summed E-state index contributed by atoms with van der Waals surface area (Å²) in [5.74, 6) is -0.251. The number of nitrogens with zero attached hydrogens (tertiary/aromatic N) is 1. The van der Waals surface area contributed by atoms with Crippen molar-refractivity contribution in [2.24, 2.45) is 0 Å². The van der Waals surface area contributed by atoms with Gasteiger partial charge < -0.3 is 9.32 Å². The van der Waals surface area contributed by atoms with Gasteiger partial charge in [0.25, 0.3) is 5.91 Å². The summed E-state index contributed by atoms with van der Waals surface area (Å²) in [6, 6.07) is 21.1. The Bertz CT molecular complexity index is 1350. The average molecular weight is 436 g/mol. The zero-order chi connectivity index (χ0) is 20.8. The highest BCUT2D eigenvalue weighted by Gasteiger charge is 2.42.